The van der Waals surface area contributed by atoms with Crippen LogP contribution in [0.5, 0.6) is 5.75 Å². The summed E-state index contributed by atoms with van der Waals surface area (Å²) in [7, 11) is -3.16. The van der Waals surface area contributed by atoms with Gasteiger partial charge in [0.1, 0.15) is 5.75 Å². The van der Waals surface area contributed by atoms with Gasteiger partial charge in [0.25, 0.3) is 0 Å². The van der Waals surface area contributed by atoms with Crippen LogP contribution in [0.3, 0.4) is 0 Å². The van der Waals surface area contributed by atoms with Crippen molar-refractivity contribution >= 4 is 25.8 Å². The van der Waals surface area contributed by atoms with Gasteiger partial charge in [-0.15, -0.1) is 0 Å². The zero-order chi connectivity index (χ0) is 12.9. The van der Waals surface area contributed by atoms with Gasteiger partial charge in [0, 0.05) is 17.5 Å². The molecule has 1 rings (SSSR count). The van der Waals surface area contributed by atoms with Crippen molar-refractivity contribution in [3.8, 4) is 5.75 Å². The normalized spacial score (nSPS) is 13.4. The molecule has 5 heteroatoms. The Morgan fingerprint density at radius 1 is 1.41 bits per heavy atom. The Bertz CT molecular complexity index is 453. The second-order valence-electron chi connectivity index (χ2n) is 3.99. The van der Waals surface area contributed by atoms with Gasteiger partial charge in [0.05, 0.1) is 11.5 Å². The quantitative estimate of drug-likeness (QED) is 0.757. The Kier molecular flexibility index (Phi) is 5.46. The van der Waals surface area contributed by atoms with Crippen molar-refractivity contribution in [2.45, 2.75) is 18.2 Å². The second kappa shape index (κ2) is 6.40. The molecule has 1 atom stereocenters. The maximum absolute atomic E-state index is 11.4. The lowest BCUT2D eigenvalue weighted by molar-refractivity contribution is 0.259. The standard InChI is InChI=1S/C12H17BrO3S/c1-3-10(8-13)9-16-11-5-4-6-12(7-11)17(2,14)15/h4-7,10H,3,8-9H2,1-2H3. The molecule has 0 spiro atoms. The van der Waals surface area contributed by atoms with E-state index in [0.29, 0.717) is 23.2 Å². The zero-order valence-electron chi connectivity index (χ0n) is 10.0. The minimum Gasteiger partial charge on any atom is -0.493 e. The highest BCUT2D eigenvalue weighted by atomic mass is 79.9. The Hall–Kier alpha value is -0.550. The fourth-order valence-corrected chi connectivity index (χ4v) is 2.58. The van der Waals surface area contributed by atoms with E-state index in [4.69, 9.17) is 4.74 Å². The van der Waals surface area contributed by atoms with E-state index in [1.54, 1.807) is 24.3 Å². The largest absolute Gasteiger partial charge is 0.493 e. The van der Waals surface area contributed by atoms with Gasteiger partial charge in [-0.25, -0.2) is 8.42 Å². The molecule has 17 heavy (non-hydrogen) atoms. The van der Waals surface area contributed by atoms with Crippen LogP contribution in [-0.4, -0.2) is 26.6 Å². The summed E-state index contributed by atoms with van der Waals surface area (Å²) in [6, 6.07) is 6.61. The molecule has 0 aliphatic carbocycles. The first-order valence-electron chi connectivity index (χ1n) is 5.46. The maximum atomic E-state index is 11.4. The lowest BCUT2D eigenvalue weighted by atomic mass is 10.1. The van der Waals surface area contributed by atoms with Crippen LogP contribution in [0, 0.1) is 5.92 Å². The molecular weight excluding hydrogens is 304 g/mol. The third kappa shape index (κ3) is 4.68. The van der Waals surface area contributed by atoms with E-state index in [-0.39, 0.29) is 0 Å². The second-order valence-corrected chi connectivity index (χ2v) is 6.65. The highest BCUT2D eigenvalue weighted by molar-refractivity contribution is 9.09. The van der Waals surface area contributed by atoms with Crippen molar-refractivity contribution in [3.05, 3.63) is 24.3 Å². The molecule has 1 aromatic rings. The molecule has 0 aliphatic rings. The van der Waals surface area contributed by atoms with E-state index in [0.717, 1.165) is 11.8 Å². The zero-order valence-corrected chi connectivity index (χ0v) is 12.4. The average Bonchev–Trinajstić information content (AvgIpc) is 2.30. The molecule has 0 aliphatic heterocycles. The van der Waals surface area contributed by atoms with Crippen LogP contribution in [0.2, 0.25) is 0 Å². The lowest BCUT2D eigenvalue weighted by Gasteiger charge is -2.13. The molecule has 0 aromatic heterocycles. The number of sulfone groups is 1. The van der Waals surface area contributed by atoms with Crippen LogP contribution < -0.4 is 4.74 Å². The van der Waals surface area contributed by atoms with Gasteiger partial charge >= 0.3 is 0 Å². The molecule has 0 saturated carbocycles. The summed E-state index contributed by atoms with van der Waals surface area (Å²) in [5, 5.41) is 0.884. The lowest BCUT2D eigenvalue weighted by Crippen LogP contribution is -2.12. The number of benzene rings is 1. The fraction of sp³-hybridized carbons (Fsp3) is 0.500. The molecule has 0 saturated heterocycles. The molecule has 0 bridgehead atoms. The molecule has 0 N–H and O–H groups in total. The minimum absolute atomic E-state index is 0.293. The Morgan fingerprint density at radius 3 is 2.65 bits per heavy atom. The summed E-state index contributed by atoms with van der Waals surface area (Å²) < 4.78 is 28.3. The van der Waals surface area contributed by atoms with Gasteiger partial charge in [-0.3, -0.25) is 0 Å². The van der Waals surface area contributed by atoms with Crippen molar-refractivity contribution in [3.63, 3.8) is 0 Å². The first kappa shape index (κ1) is 14.5. The molecule has 1 unspecified atom stereocenters. The molecule has 0 amide bonds. The number of alkyl halides is 1. The van der Waals surface area contributed by atoms with Crippen molar-refractivity contribution < 1.29 is 13.2 Å². The van der Waals surface area contributed by atoms with Gasteiger partial charge in [0.15, 0.2) is 9.84 Å². The number of halogens is 1. The number of hydrogen-bond donors (Lipinski definition) is 0. The minimum atomic E-state index is -3.16. The fourth-order valence-electron chi connectivity index (χ4n) is 1.28. The van der Waals surface area contributed by atoms with Crippen LogP contribution in [0.4, 0.5) is 0 Å². The first-order valence-corrected chi connectivity index (χ1v) is 8.47. The molecule has 1 aromatic carbocycles. The summed E-state index contributed by atoms with van der Waals surface area (Å²) in [4.78, 5) is 0.293. The molecule has 96 valence electrons. The number of rotatable bonds is 6. The van der Waals surface area contributed by atoms with Gasteiger partial charge in [-0.2, -0.15) is 0 Å². The van der Waals surface area contributed by atoms with Gasteiger partial charge in [0.2, 0.25) is 0 Å². The Morgan fingerprint density at radius 2 is 2.12 bits per heavy atom. The van der Waals surface area contributed by atoms with Gasteiger partial charge in [-0.1, -0.05) is 28.9 Å². The van der Waals surface area contributed by atoms with Gasteiger partial charge < -0.3 is 4.74 Å². The molecule has 0 radical (unpaired) electrons. The van der Waals surface area contributed by atoms with Gasteiger partial charge in [-0.05, 0) is 24.6 Å². The van der Waals surface area contributed by atoms with Crippen molar-refractivity contribution in [1.29, 1.82) is 0 Å². The first-order chi connectivity index (χ1) is 7.97. The monoisotopic (exact) mass is 320 g/mol. The predicted molar refractivity (Wildman–Crippen MR) is 72.6 cm³/mol. The van der Waals surface area contributed by atoms with E-state index in [2.05, 4.69) is 22.9 Å². The molecular formula is C12H17BrO3S. The van der Waals surface area contributed by atoms with E-state index >= 15 is 0 Å². The highest BCUT2D eigenvalue weighted by Crippen LogP contribution is 2.18. The van der Waals surface area contributed by atoms with E-state index < -0.39 is 9.84 Å². The third-order valence-corrected chi connectivity index (χ3v) is 4.54. The maximum Gasteiger partial charge on any atom is 0.175 e. The van der Waals surface area contributed by atoms with E-state index in [1.165, 1.54) is 6.26 Å². The summed E-state index contributed by atoms with van der Waals surface area (Å²) in [6.07, 6.45) is 2.22. The Balaban J connectivity index is 2.73. The summed E-state index contributed by atoms with van der Waals surface area (Å²) in [5.41, 5.74) is 0. The third-order valence-electron chi connectivity index (χ3n) is 2.51. The number of hydrogen-bond acceptors (Lipinski definition) is 3. The summed E-state index contributed by atoms with van der Waals surface area (Å²) in [5.74, 6) is 1.05. The summed E-state index contributed by atoms with van der Waals surface area (Å²) >= 11 is 3.42. The van der Waals surface area contributed by atoms with E-state index in [9.17, 15) is 8.42 Å². The van der Waals surface area contributed by atoms with Crippen LogP contribution in [-0.2, 0) is 9.84 Å². The topological polar surface area (TPSA) is 43.4 Å². The molecule has 0 heterocycles. The van der Waals surface area contributed by atoms with Crippen LogP contribution in [0.1, 0.15) is 13.3 Å². The summed E-state index contributed by atoms with van der Waals surface area (Å²) in [6.45, 7) is 2.69. The Labute approximate surface area is 111 Å². The SMILES string of the molecule is CCC(CBr)COc1cccc(S(C)(=O)=O)c1. The van der Waals surface area contributed by atoms with E-state index in [1.807, 2.05) is 0 Å². The van der Waals surface area contributed by atoms with Crippen molar-refractivity contribution in [2.75, 3.05) is 18.2 Å². The van der Waals surface area contributed by atoms with Crippen molar-refractivity contribution in [2.24, 2.45) is 5.92 Å². The molecule has 3 nitrogen and oxygen atoms in total. The highest BCUT2D eigenvalue weighted by Gasteiger charge is 2.09. The molecule has 0 fully saturated rings. The smallest absolute Gasteiger partial charge is 0.175 e. The van der Waals surface area contributed by atoms with Crippen LogP contribution >= 0.6 is 15.9 Å². The average molecular weight is 321 g/mol. The number of ether oxygens (including phenoxy) is 1. The van der Waals surface area contributed by atoms with Crippen LogP contribution in [0.15, 0.2) is 29.2 Å². The van der Waals surface area contributed by atoms with Crippen molar-refractivity contribution in [1.82, 2.24) is 0 Å². The predicted octanol–water partition coefficient (Wildman–Crippen LogP) is 2.89. The van der Waals surface area contributed by atoms with Crippen LogP contribution in [0.25, 0.3) is 0 Å².